The number of fused-ring (bicyclic) bond motifs is 1. The zero-order valence-corrected chi connectivity index (χ0v) is 27.5. The van der Waals surface area contributed by atoms with Gasteiger partial charge < -0.3 is 25.4 Å². The molecule has 3 aliphatic heterocycles. The first-order valence-electron chi connectivity index (χ1n) is 14.3. The van der Waals surface area contributed by atoms with Crippen LogP contribution in [0.4, 0.5) is 4.79 Å². The molecule has 2 aromatic rings. The summed E-state index contributed by atoms with van der Waals surface area (Å²) in [5, 5.41) is 23.1. The topological polar surface area (TPSA) is 209 Å². The summed E-state index contributed by atoms with van der Waals surface area (Å²) in [6, 6.07) is 4.25. The third-order valence-corrected chi connectivity index (χ3v) is 10.7. The van der Waals surface area contributed by atoms with Gasteiger partial charge in [-0.1, -0.05) is 35.2 Å². The summed E-state index contributed by atoms with van der Waals surface area (Å²) in [6.07, 6.45) is -0.0890. The number of benzene rings is 1. The number of nitrogens with one attached hydrogen (secondary N) is 2. The molecule has 3 N–H and O–H groups in total. The number of thioether (sulfide) groups is 2. The van der Waals surface area contributed by atoms with Crippen molar-refractivity contribution in [1.29, 1.82) is 0 Å². The van der Waals surface area contributed by atoms with Gasteiger partial charge in [0.15, 0.2) is 4.34 Å². The van der Waals surface area contributed by atoms with Crippen LogP contribution in [-0.4, -0.2) is 121 Å². The predicted molar refractivity (Wildman–Crippen MR) is 168 cm³/mol. The molecule has 5 rings (SSSR count). The molecule has 1 aromatic carbocycles. The first-order valence-corrected chi connectivity index (χ1v) is 17.1. The molecule has 47 heavy (non-hydrogen) atoms. The number of likely N-dealkylation sites (N-methyl/N-ethyl adjacent to an activating group) is 1. The first-order chi connectivity index (χ1) is 22.5. The van der Waals surface area contributed by atoms with Crippen LogP contribution in [0.2, 0.25) is 0 Å². The van der Waals surface area contributed by atoms with E-state index in [-0.39, 0.29) is 31.0 Å². The predicted octanol–water partition coefficient (Wildman–Crippen LogP) is 0.226. The highest BCUT2D eigenvalue weighted by atomic mass is 32.2. The number of piperazine rings is 1. The summed E-state index contributed by atoms with van der Waals surface area (Å²) in [5.74, 6) is -3.87. The number of rotatable bonds is 11. The fourth-order valence-electron chi connectivity index (χ4n) is 4.95. The normalized spacial score (nSPS) is 19.3. The molecule has 6 amide bonds. The van der Waals surface area contributed by atoms with E-state index in [1.807, 2.05) is 6.92 Å². The Morgan fingerprint density at radius 3 is 2.49 bits per heavy atom. The maximum Gasteiger partial charge on any atom is 0.352 e. The number of imide groups is 1. The Balaban J connectivity index is 1.08. The maximum atomic E-state index is 13.0. The average Bonchev–Trinajstić information content (AvgIpc) is 3.47. The number of ether oxygens (including phenoxy) is 1. The van der Waals surface area contributed by atoms with Crippen molar-refractivity contribution < 1.29 is 43.4 Å². The van der Waals surface area contributed by atoms with Gasteiger partial charge in [-0.25, -0.2) is 14.4 Å². The molecular formula is C28H29N7O9S3. The molecule has 4 heterocycles. The van der Waals surface area contributed by atoms with Crippen molar-refractivity contribution in [3.05, 3.63) is 46.1 Å². The van der Waals surface area contributed by atoms with Gasteiger partial charge in [0.1, 0.15) is 34.4 Å². The monoisotopic (exact) mass is 703 g/mol. The molecule has 0 spiro atoms. The number of carboxylic acids is 1. The molecule has 16 nitrogen and oxygen atoms in total. The van der Waals surface area contributed by atoms with E-state index in [2.05, 4.69) is 20.8 Å². The summed E-state index contributed by atoms with van der Waals surface area (Å²) < 4.78 is 5.90. The van der Waals surface area contributed by atoms with Crippen molar-refractivity contribution in [3.63, 3.8) is 0 Å². The van der Waals surface area contributed by atoms with Crippen LogP contribution in [0.1, 0.15) is 17.5 Å². The number of nitrogens with zero attached hydrogens (tertiary/aromatic N) is 5. The molecule has 2 atom stereocenters. The first kappa shape index (κ1) is 33.9. The van der Waals surface area contributed by atoms with Crippen LogP contribution in [0, 0.1) is 6.92 Å². The van der Waals surface area contributed by atoms with Crippen LogP contribution >= 0.6 is 34.9 Å². The minimum atomic E-state index is -1.21. The number of hydrogen-bond donors (Lipinski definition) is 3. The molecule has 0 radical (unpaired) electrons. The lowest BCUT2D eigenvalue weighted by Crippen LogP contribution is -2.70. The Bertz CT molecular complexity index is 1660. The van der Waals surface area contributed by atoms with E-state index in [9.17, 15) is 38.7 Å². The molecule has 1 aromatic heterocycles. The van der Waals surface area contributed by atoms with E-state index < -0.39 is 59.6 Å². The lowest BCUT2D eigenvalue weighted by atomic mass is 10.0. The number of β-lactam (4-membered cyclic amide) rings is 1. The van der Waals surface area contributed by atoms with E-state index in [1.165, 1.54) is 56.8 Å². The maximum absolute atomic E-state index is 13.0. The second kappa shape index (κ2) is 14.5. The van der Waals surface area contributed by atoms with Gasteiger partial charge in [-0.2, -0.15) is 0 Å². The number of carboxylic acid groups (broad SMARTS) is 1. The number of carbonyl (C=O) groups excluding carboxylic acids is 6. The number of esters is 1. The average molecular weight is 704 g/mol. The lowest BCUT2D eigenvalue weighted by Gasteiger charge is -2.49. The van der Waals surface area contributed by atoms with Crippen molar-refractivity contribution in [3.8, 4) is 5.75 Å². The van der Waals surface area contributed by atoms with Crippen LogP contribution in [0.3, 0.4) is 0 Å². The summed E-state index contributed by atoms with van der Waals surface area (Å²) >= 11 is 4.14. The Labute approximate surface area is 280 Å². The Morgan fingerprint density at radius 1 is 1.09 bits per heavy atom. The third-order valence-electron chi connectivity index (χ3n) is 7.28. The summed E-state index contributed by atoms with van der Waals surface area (Å²) in [6.45, 7) is 3.55. The van der Waals surface area contributed by atoms with Gasteiger partial charge >= 0.3 is 29.8 Å². The minimum Gasteiger partial charge on any atom is -0.477 e. The van der Waals surface area contributed by atoms with Crippen molar-refractivity contribution in [2.45, 2.75) is 36.0 Å². The zero-order valence-electron chi connectivity index (χ0n) is 25.1. The van der Waals surface area contributed by atoms with Crippen molar-refractivity contribution >= 4 is 76.5 Å². The highest BCUT2D eigenvalue weighted by Gasteiger charge is 2.54. The van der Waals surface area contributed by atoms with Gasteiger partial charge in [0, 0.05) is 31.1 Å². The minimum absolute atomic E-state index is 0.00795. The molecule has 2 saturated heterocycles. The molecular weight excluding hydrogens is 675 g/mol. The van der Waals surface area contributed by atoms with E-state index in [1.54, 1.807) is 19.1 Å². The number of hydrogen-bond acceptors (Lipinski definition) is 13. The quantitative estimate of drug-likeness (QED) is 0.0943. The summed E-state index contributed by atoms with van der Waals surface area (Å²) in [7, 11) is 0. The van der Waals surface area contributed by atoms with Gasteiger partial charge in [-0.15, -0.1) is 22.0 Å². The van der Waals surface area contributed by atoms with Crippen LogP contribution in [-0.2, 0) is 35.2 Å². The summed E-state index contributed by atoms with van der Waals surface area (Å²) in [4.78, 5) is 89.8. The molecule has 2 fully saturated rings. The summed E-state index contributed by atoms with van der Waals surface area (Å²) in [5.41, 5.74) is 1.08. The number of aryl methyl sites for hydroxylation is 1. The van der Waals surface area contributed by atoms with Crippen molar-refractivity contribution in [1.82, 2.24) is 35.5 Å². The SMILES string of the molecule is CCN1CCN(C(=O)NCC(=O)Oc2ccc(CC(=O)NC3C(=O)N4C(C(=O)O)=C(CSc5nnc(C)s5)CS[C@@H]34)cc2)C(=O)C1=O. The van der Waals surface area contributed by atoms with Gasteiger partial charge in [-0.05, 0) is 37.1 Å². The third kappa shape index (κ3) is 7.57. The Kier molecular flexibility index (Phi) is 10.5. The highest BCUT2D eigenvalue weighted by molar-refractivity contribution is 8.01. The van der Waals surface area contributed by atoms with Crippen molar-refractivity contribution in [2.24, 2.45) is 0 Å². The van der Waals surface area contributed by atoms with Gasteiger partial charge in [0.05, 0.1) is 6.42 Å². The molecule has 248 valence electrons. The second-order valence-electron chi connectivity index (χ2n) is 10.4. The van der Waals surface area contributed by atoms with E-state index >= 15 is 0 Å². The van der Waals surface area contributed by atoms with Gasteiger partial charge in [0.2, 0.25) is 5.91 Å². The molecule has 0 saturated carbocycles. The van der Waals surface area contributed by atoms with Gasteiger partial charge in [-0.3, -0.25) is 29.0 Å². The molecule has 19 heteroatoms. The van der Waals surface area contributed by atoms with Crippen molar-refractivity contribution in [2.75, 3.05) is 37.7 Å². The Hall–Kier alpha value is -4.49. The smallest absolute Gasteiger partial charge is 0.352 e. The molecule has 0 bridgehead atoms. The molecule has 0 aliphatic carbocycles. The number of carbonyl (C=O) groups is 7. The number of urea groups is 1. The Morgan fingerprint density at radius 2 is 1.83 bits per heavy atom. The standard InChI is InChI=1S/C28H29N7O9S3/c1-3-33-8-9-34(24(40)23(33)39)27(43)29-11-19(37)44-17-6-4-15(5-7-17)10-18(36)30-20-22(38)35-21(26(41)42)16(12-45-25(20)35)13-46-28-32-31-14(2)47-28/h4-7,20,25H,3,8-13H2,1-2H3,(H,29,43)(H,30,36)(H,41,42)/t20?,25-/m0/s1. The largest absolute Gasteiger partial charge is 0.477 e. The second-order valence-corrected chi connectivity index (χ2v) is 13.9. The number of aromatic nitrogens is 2. The van der Waals surface area contributed by atoms with Crippen LogP contribution < -0.4 is 15.4 Å². The number of aliphatic carboxylic acids is 1. The number of amides is 6. The fourth-order valence-corrected chi connectivity index (χ4v) is 8.25. The van der Waals surface area contributed by atoms with Crippen LogP contribution in [0.15, 0.2) is 39.9 Å². The van der Waals surface area contributed by atoms with E-state index in [4.69, 9.17) is 4.74 Å². The lowest BCUT2D eigenvalue weighted by molar-refractivity contribution is -0.153. The fraction of sp³-hybridized carbons (Fsp3) is 0.393. The van der Waals surface area contributed by atoms with E-state index in [0.29, 0.717) is 33.5 Å². The highest BCUT2D eigenvalue weighted by Crippen LogP contribution is 2.41. The van der Waals surface area contributed by atoms with Gasteiger partial charge in [0.25, 0.3) is 5.91 Å². The van der Waals surface area contributed by atoms with Crippen LogP contribution in [0.5, 0.6) is 5.75 Å². The molecule has 1 unspecified atom stereocenters. The molecule has 3 aliphatic rings. The van der Waals surface area contributed by atoms with Crippen LogP contribution in [0.25, 0.3) is 0 Å². The zero-order chi connectivity index (χ0) is 33.8. The van der Waals surface area contributed by atoms with E-state index in [0.717, 1.165) is 9.91 Å².